The number of hydrogen-bond acceptors (Lipinski definition) is 4. The average molecular weight is 403 g/mol. The molecule has 11 heteroatoms. The molecule has 0 fully saturated rings. The zero-order valence-electron chi connectivity index (χ0n) is 11.9. The van der Waals surface area contributed by atoms with Gasteiger partial charge in [-0.2, -0.15) is 13.2 Å². The van der Waals surface area contributed by atoms with E-state index < -0.39 is 31.1 Å². The van der Waals surface area contributed by atoms with Crippen LogP contribution in [0.15, 0.2) is 18.2 Å². The van der Waals surface area contributed by atoms with Crippen molar-refractivity contribution in [3.05, 3.63) is 28.2 Å². The van der Waals surface area contributed by atoms with Crippen molar-refractivity contribution in [2.75, 3.05) is 11.9 Å². The highest BCUT2D eigenvalue weighted by molar-refractivity contribution is 7.80. The van der Waals surface area contributed by atoms with Crippen LogP contribution in [-0.2, 0) is 14.3 Å². The number of thiocarbonyl (C=S) groups is 1. The fourth-order valence-corrected chi connectivity index (χ4v) is 1.95. The van der Waals surface area contributed by atoms with Crippen LogP contribution in [0.5, 0.6) is 0 Å². The molecule has 2 N–H and O–H groups in total. The minimum Gasteiger partial charge on any atom is -0.456 e. The van der Waals surface area contributed by atoms with Crippen molar-refractivity contribution >= 4 is 58.1 Å². The van der Waals surface area contributed by atoms with Gasteiger partial charge in [-0.05, 0) is 30.4 Å². The number of alkyl halides is 3. The summed E-state index contributed by atoms with van der Waals surface area (Å²) < 4.78 is 39.5. The fourth-order valence-electron chi connectivity index (χ4n) is 1.39. The summed E-state index contributed by atoms with van der Waals surface area (Å²) in [6.45, 7) is -1.69. The molecule has 24 heavy (non-hydrogen) atoms. The Morgan fingerprint density at radius 3 is 2.50 bits per heavy atom. The first kappa shape index (κ1) is 20.5. The van der Waals surface area contributed by atoms with Crippen LogP contribution in [-0.4, -0.2) is 29.8 Å². The van der Waals surface area contributed by atoms with Crippen molar-refractivity contribution < 1.29 is 27.5 Å². The number of carbonyl (C=O) groups excluding carboxylic acids is 2. The van der Waals surface area contributed by atoms with Crippen molar-refractivity contribution in [1.82, 2.24) is 5.32 Å². The maximum absolute atomic E-state index is 11.9. The second kappa shape index (κ2) is 9.05. The summed E-state index contributed by atoms with van der Waals surface area (Å²) in [6.07, 6.45) is -5.51. The van der Waals surface area contributed by atoms with Crippen molar-refractivity contribution in [2.45, 2.75) is 19.0 Å². The fraction of sp³-hybridized carbons (Fsp3) is 0.308. The molecule has 5 nitrogen and oxygen atoms in total. The third kappa shape index (κ3) is 8.32. The Balaban J connectivity index is 2.38. The number of hydrogen-bond donors (Lipinski definition) is 2. The van der Waals surface area contributed by atoms with Crippen LogP contribution in [0.4, 0.5) is 18.9 Å². The first-order valence-corrected chi connectivity index (χ1v) is 7.51. The number of carbonyl (C=O) groups is 2. The quantitative estimate of drug-likeness (QED) is 0.580. The molecule has 1 amide bonds. The van der Waals surface area contributed by atoms with Gasteiger partial charge >= 0.3 is 12.1 Å². The van der Waals surface area contributed by atoms with Crippen LogP contribution < -0.4 is 10.6 Å². The Bertz CT molecular complexity index is 641. The summed E-state index contributed by atoms with van der Waals surface area (Å²) in [6, 6.07) is 4.56. The van der Waals surface area contributed by atoms with Crippen LogP contribution in [0.3, 0.4) is 0 Å². The van der Waals surface area contributed by atoms with Crippen molar-refractivity contribution in [1.29, 1.82) is 0 Å². The Kier molecular flexibility index (Phi) is 7.71. The van der Waals surface area contributed by atoms with Crippen molar-refractivity contribution in [2.24, 2.45) is 0 Å². The summed E-state index contributed by atoms with van der Waals surface area (Å²) in [7, 11) is 0. The third-order valence-corrected chi connectivity index (χ3v) is 3.15. The monoisotopic (exact) mass is 402 g/mol. The van der Waals surface area contributed by atoms with E-state index >= 15 is 0 Å². The number of amides is 1. The van der Waals surface area contributed by atoms with E-state index in [2.05, 4.69) is 15.4 Å². The molecule has 0 aromatic heterocycles. The predicted octanol–water partition coefficient (Wildman–Crippen LogP) is 3.69. The SMILES string of the molecule is O=C(CCC(=O)OCC(F)(F)F)NC(=S)Nc1cc(Cl)ccc1Cl. The smallest absolute Gasteiger partial charge is 0.422 e. The van der Waals surface area contributed by atoms with E-state index in [9.17, 15) is 22.8 Å². The highest BCUT2D eigenvalue weighted by Crippen LogP contribution is 2.25. The number of ether oxygens (including phenoxy) is 1. The van der Waals surface area contributed by atoms with Gasteiger partial charge in [0.05, 0.1) is 17.1 Å². The maximum Gasteiger partial charge on any atom is 0.422 e. The molecule has 132 valence electrons. The Labute approximate surface area is 150 Å². The van der Waals surface area contributed by atoms with Gasteiger partial charge in [-0.25, -0.2) is 0 Å². The minimum absolute atomic E-state index is 0.104. The molecule has 0 spiro atoms. The molecule has 0 radical (unpaired) electrons. The summed E-state index contributed by atoms with van der Waals surface area (Å²) in [5.41, 5.74) is 0.360. The molecule has 0 atom stereocenters. The van der Waals surface area contributed by atoms with Gasteiger partial charge in [-0.15, -0.1) is 0 Å². The molecule has 0 aliphatic rings. The first-order valence-electron chi connectivity index (χ1n) is 6.35. The van der Waals surface area contributed by atoms with Gasteiger partial charge < -0.3 is 15.4 Å². The minimum atomic E-state index is -4.61. The van der Waals surface area contributed by atoms with Gasteiger partial charge in [0.1, 0.15) is 0 Å². The summed E-state index contributed by atoms with van der Waals surface area (Å²) in [5, 5.41) is 5.49. The van der Waals surface area contributed by atoms with Crippen molar-refractivity contribution in [3.8, 4) is 0 Å². The van der Waals surface area contributed by atoms with E-state index in [0.29, 0.717) is 15.7 Å². The molecule has 0 aliphatic carbocycles. The van der Waals surface area contributed by atoms with Gasteiger partial charge in [0.2, 0.25) is 5.91 Å². The average Bonchev–Trinajstić information content (AvgIpc) is 2.46. The number of nitrogens with one attached hydrogen (secondary N) is 2. The van der Waals surface area contributed by atoms with E-state index in [1.54, 1.807) is 6.07 Å². The molecule has 0 aliphatic heterocycles. The summed E-state index contributed by atoms with van der Waals surface area (Å²) in [4.78, 5) is 22.6. The van der Waals surface area contributed by atoms with E-state index in [1.807, 2.05) is 0 Å². The van der Waals surface area contributed by atoms with Crippen molar-refractivity contribution in [3.63, 3.8) is 0 Å². The van der Waals surface area contributed by atoms with E-state index in [4.69, 9.17) is 35.4 Å². The molecule has 0 unspecified atom stereocenters. The molecular weight excluding hydrogens is 392 g/mol. The Hall–Kier alpha value is -1.58. The lowest BCUT2D eigenvalue weighted by Crippen LogP contribution is -2.34. The molecule has 0 bridgehead atoms. The Morgan fingerprint density at radius 1 is 1.21 bits per heavy atom. The lowest BCUT2D eigenvalue weighted by Gasteiger charge is -2.11. The standard InChI is InChI=1S/C13H11Cl2F3N2O3S/c14-7-1-2-8(15)9(5-7)19-12(24)20-10(21)3-4-11(22)23-6-13(16,17)18/h1-2,5H,3-4,6H2,(H2,19,20,21,24). The predicted molar refractivity (Wildman–Crippen MR) is 87.1 cm³/mol. The number of rotatable bonds is 5. The van der Waals surface area contributed by atoms with Crippen LogP contribution in [0.1, 0.15) is 12.8 Å². The van der Waals surface area contributed by atoms with Crippen LogP contribution >= 0.6 is 35.4 Å². The lowest BCUT2D eigenvalue weighted by atomic mass is 10.3. The van der Waals surface area contributed by atoms with Crippen LogP contribution in [0, 0.1) is 0 Å². The normalized spacial score (nSPS) is 10.9. The largest absolute Gasteiger partial charge is 0.456 e. The number of halogens is 5. The third-order valence-electron chi connectivity index (χ3n) is 2.38. The van der Waals surface area contributed by atoms with Crippen LogP contribution in [0.25, 0.3) is 0 Å². The highest BCUT2D eigenvalue weighted by atomic mass is 35.5. The van der Waals surface area contributed by atoms with Gasteiger partial charge in [0, 0.05) is 11.4 Å². The van der Waals surface area contributed by atoms with Gasteiger partial charge in [-0.3, -0.25) is 9.59 Å². The van der Waals surface area contributed by atoms with E-state index in [0.717, 1.165) is 0 Å². The van der Waals surface area contributed by atoms with E-state index in [-0.39, 0.29) is 11.5 Å². The van der Waals surface area contributed by atoms with Gasteiger partial charge in [-0.1, -0.05) is 23.2 Å². The van der Waals surface area contributed by atoms with Crippen LogP contribution in [0.2, 0.25) is 10.0 Å². The zero-order chi connectivity index (χ0) is 18.3. The molecule has 1 aromatic carbocycles. The second-order valence-electron chi connectivity index (χ2n) is 4.40. The molecule has 0 saturated carbocycles. The molecular formula is C13H11Cl2F3N2O3S. The topological polar surface area (TPSA) is 67.4 Å². The summed E-state index contributed by atoms with van der Waals surface area (Å²) in [5.74, 6) is -1.81. The molecule has 0 heterocycles. The maximum atomic E-state index is 11.9. The number of anilines is 1. The van der Waals surface area contributed by atoms with Gasteiger partial charge in [0.15, 0.2) is 11.7 Å². The number of benzene rings is 1. The summed E-state index contributed by atoms with van der Waals surface area (Å²) >= 11 is 16.6. The molecule has 0 saturated heterocycles. The Morgan fingerprint density at radius 2 is 1.88 bits per heavy atom. The molecule has 1 rings (SSSR count). The first-order chi connectivity index (χ1) is 11.1. The van der Waals surface area contributed by atoms with E-state index in [1.165, 1.54) is 12.1 Å². The second-order valence-corrected chi connectivity index (χ2v) is 5.65. The highest BCUT2D eigenvalue weighted by Gasteiger charge is 2.29. The number of esters is 1. The zero-order valence-corrected chi connectivity index (χ0v) is 14.2. The molecule has 1 aromatic rings. The van der Waals surface area contributed by atoms with Gasteiger partial charge in [0.25, 0.3) is 0 Å². The lowest BCUT2D eigenvalue weighted by molar-refractivity contribution is -0.186.